The van der Waals surface area contributed by atoms with E-state index in [1.807, 2.05) is 0 Å². The topological polar surface area (TPSA) is 104 Å². The second kappa shape index (κ2) is 3.75. The van der Waals surface area contributed by atoms with Crippen LogP contribution in [0.3, 0.4) is 0 Å². The van der Waals surface area contributed by atoms with Gasteiger partial charge in [0.1, 0.15) is 5.56 Å². The summed E-state index contributed by atoms with van der Waals surface area (Å²) in [6, 6.07) is 3.07. The van der Waals surface area contributed by atoms with Crippen molar-refractivity contribution in [3.05, 3.63) is 29.3 Å². The average Bonchev–Trinajstić information content (AvgIpc) is 2.16. The zero-order valence-corrected chi connectivity index (χ0v) is 6.80. The van der Waals surface area contributed by atoms with Crippen LogP contribution < -0.4 is 4.89 Å². The van der Waals surface area contributed by atoms with E-state index in [0.717, 1.165) is 18.2 Å². The van der Waals surface area contributed by atoms with Crippen molar-refractivity contribution in [2.24, 2.45) is 0 Å². The van der Waals surface area contributed by atoms with Crippen LogP contribution in [0.25, 0.3) is 0 Å². The molecule has 1 rings (SSSR count). The summed E-state index contributed by atoms with van der Waals surface area (Å²) in [5, 5.41) is 25.5. The van der Waals surface area contributed by atoms with Crippen LogP contribution >= 0.6 is 0 Å². The first-order chi connectivity index (χ1) is 6.56. The highest BCUT2D eigenvalue weighted by molar-refractivity contribution is 5.94. The monoisotopic (exact) mass is 198 g/mol. The van der Waals surface area contributed by atoms with Gasteiger partial charge in [0.25, 0.3) is 0 Å². The third-order valence-electron chi connectivity index (χ3n) is 1.56. The minimum absolute atomic E-state index is 0.168. The van der Waals surface area contributed by atoms with Crippen LogP contribution in [0.5, 0.6) is 5.75 Å². The Bertz CT molecular complexity index is 383. The molecule has 0 bridgehead atoms. The molecule has 14 heavy (non-hydrogen) atoms. The van der Waals surface area contributed by atoms with Crippen molar-refractivity contribution in [2.45, 2.75) is 0 Å². The molecule has 0 unspecified atom stereocenters. The normalized spacial score (nSPS) is 9.50. The molecule has 0 amide bonds. The van der Waals surface area contributed by atoms with Crippen molar-refractivity contribution < 1.29 is 29.9 Å². The number of hydrogen-bond donors (Lipinski definition) is 3. The van der Waals surface area contributed by atoms with Crippen LogP contribution in [-0.2, 0) is 0 Å². The molecule has 0 spiro atoms. The zero-order chi connectivity index (χ0) is 10.7. The van der Waals surface area contributed by atoms with E-state index in [9.17, 15) is 9.59 Å². The van der Waals surface area contributed by atoms with E-state index in [2.05, 4.69) is 4.89 Å². The molecule has 1 aromatic carbocycles. The van der Waals surface area contributed by atoms with Crippen LogP contribution in [0.1, 0.15) is 20.7 Å². The van der Waals surface area contributed by atoms with Crippen molar-refractivity contribution >= 4 is 11.9 Å². The lowest BCUT2D eigenvalue weighted by Gasteiger charge is -2.02. The second-order valence-electron chi connectivity index (χ2n) is 2.41. The predicted molar refractivity (Wildman–Crippen MR) is 43.6 cm³/mol. The van der Waals surface area contributed by atoms with Crippen LogP contribution in [0, 0.1) is 0 Å². The minimum atomic E-state index is -1.31. The van der Waals surface area contributed by atoms with Crippen molar-refractivity contribution in [2.75, 3.05) is 0 Å². The average molecular weight is 198 g/mol. The molecule has 0 aromatic heterocycles. The molecule has 0 atom stereocenters. The third kappa shape index (κ3) is 1.80. The van der Waals surface area contributed by atoms with Gasteiger partial charge in [-0.3, -0.25) is 0 Å². The van der Waals surface area contributed by atoms with Crippen LogP contribution in [0.2, 0.25) is 0 Å². The first-order valence-electron chi connectivity index (χ1n) is 3.48. The number of carboxylic acid groups (broad SMARTS) is 2. The molecule has 0 aliphatic heterocycles. The van der Waals surface area contributed by atoms with Crippen LogP contribution in [-0.4, -0.2) is 27.4 Å². The Kier molecular flexibility index (Phi) is 2.68. The Labute approximate surface area is 77.9 Å². The van der Waals surface area contributed by atoms with E-state index in [0.29, 0.717) is 0 Å². The van der Waals surface area contributed by atoms with Crippen molar-refractivity contribution in [1.29, 1.82) is 0 Å². The summed E-state index contributed by atoms with van der Waals surface area (Å²) in [4.78, 5) is 24.7. The standard InChI is InChI=1S/C8H6O6/c9-7(10)4-1-2-5(8(11)12)6(3-4)14-13/h1-3,13H,(H,9,10)(H,11,12). The summed E-state index contributed by atoms with van der Waals surface area (Å²) < 4.78 is 0. The van der Waals surface area contributed by atoms with E-state index < -0.39 is 17.7 Å². The van der Waals surface area contributed by atoms with Gasteiger partial charge in [0.15, 0.2) is 5.75 Å². The van der Waals surface area contributed by atoms with Crippen LogP contribution in [0.15, 0.2) is 18.2 Å². The van der Waals surface area contributed by atoms with Crippen molar-refractivity contribution in [3.63, 3.8) is 0 Å². The molecule has 74 valence electrons. The summed E-state index contributed by atoms with van der Waals surface area (Å²) in [6.45, 7) is 0. The molecule has 0 radical (unpaired) electrons. The van der Waals surface area contributed by atoms with E-state index in [1.54, 1.807) is 0 Å². The fraction of sp³-hybridized carbons (Fsp3) is 0. The summed E-state index contributed by atoms with van der Waals surface area (Å²) in [5.41, 5.74) is -0.475. The number of benzene rings is 1. The second-order valence-corrected chi connectivity index (χ2v) is 2.41. The van der Waals surface area contributed by atoms with Gasteiger partial charge in [-0.2, -0.15) is 0 Å². The first-order valence-corrected chi connectivity index (χ1v) is 3.48. The number of rotatable bonds is 3. The Hall–Kier alpha value is -2.08. The van der Waals surface area contributed by atoms with Gasteiger partial charge in [-0.15, -0.1) is 0 Å². The zero-order valence-electron chi connectivity index (χ0n) is 6.80. The molecular formula is C8H6O6. The lowest BCUT2D eigenvalue weighted by Crippen LogP contribution is -2.03. The summed E-state index contributed by atoms with van der Waals surface area (Å²) in [6.07, 6.45) is 0. The van der Waals surface area contributed by atoms with E-state index in [4.69, 9.17) is 15.5 Å². The first kappa shape index (κ1) is 10.0. The molecule has 6 nitrogen and oxygen atoms in total. The highest BCUT2D eigenvalue weighted by Gasteiger charge is 2.14. The number of carbonyl (C=O) groups is 2. The van der Waals surface area contributed by atoms with E-state index in [1.165, 1.54) is 0 Å². The van der Waals surface area contributed by atoms with Gasteiger partial charge in [-0.25, -0.2) is 14.8 Å². The highest BCUT2D eigenvalue weighted by atomic mass is 17.1. The quantitative estimate of drug-likeness (QED) is 0.493. The summed E-state index contributed by atoms with van der Waals surface area (Å²) in [5.74, 6) is -2.95. The van der Waals surface area contributed by atoms with Crippen LogP contribution in [0.4, 0.5) is 0 Å². The predicted octanol–water partition coefficient (Wildman–Crippen LogP) is 0.935. The van der Waals surface area contributed by atoms with Gasteiger partial charge in [-0.05, 0) is 18.2 Å². The van der Waals surface area contributed by atoms with Gasteiger partial charge in [0.2, 0.25) is 0 Å². The minimum Gasteiger partial charge on any atom is -0.478 e. The van der Waals surface area contributed by atoms with Crippen molar-refractivity contribution in [3.8, 4) is 5.75 Å². The molecular weight excluding hydrogens is 192 g/mol. The number of hydrogen-bond acceptors (Lipinski definition) is 4. The lowest BCUT2D eigenvalue weighted by molar-refractivity contribution is -0.138. The number of carboxylic acids is 2. The Morgan fingerprint density at radius 3 is 2.21 bits per heavy atom. The fourth-order valence-electron chi connectivity index (χ4n) is 0.908. The summed E-state index contributed by atoms with van der Waals surface area (Å²) >= 11 is 0. The molecule has 0 heterocycles. The molecule has 1 aromatic rings. The van der Waals surface area contributed by atoms with Gasteiger partial charge < -0.3 is 15.1 Å². The Morgan fingerprint density at radius 2 is 1.79 bits per heavy atom. The molecule has 0 saturated carbocycles. The SMILES string of the molecule is O=C(O)c1ccc(C(=O)O)c(OO)c1. The smallest absolute Gasteiger partial charge is 0.339 e. The molecule has 0 aliphatic rings. The Balaban J connectivity index is 3.25. The fourth-order valence-corrected chi connectivity index (χ4v) is 0.908. The molecule has 6 heteroatoms. The van der Waals surface area contributed by atoms with Gasteiger partial charge in [-0.1, -0.05) is 0 Å². The largest absolute Gasteiger partial charge is 0.478 e. The maximum absolute atomic E-state index is 10.5. The third-order valence-corrected chi connectivity index (χ3v) is 1.56. The molecule has 0 saturated heterocycles. The highest BCUT2D eigenvalue weighted by Crippen LogP contribution is 2.19. The molecule has 0 aliphatic carbocycles. The van der Waals surface area contributed by atoms with Gasteiger partial charge >= 0.3 is 11.9 Å². The van der Waals surface area contributed by atoms with Crippen molar-refractivity contribution in [1.82, 2.24) is 0 Å². The van der Waals surface area contributed by atoms with E-state index >= 15 is 0 Å². The molecule has 3 N–H and O–H groups in total. The maximum Gasteiger partial charge on any atom is 0.339 e. The molecule has 0 fully saturated rings. The maximum atomic E-state index is 10.5. The van der Waals surface area contributed by atoms with Gasteiger partial charge in [0.05, 0.1) is 5.56 Å². The van der Waals surface area contributed by atoms with Gasteiger partial charge in [0, 0.05) is 0 Å². The Morgan fingerprint density at radius 1 is 1.14 bits per heavy atom. The lowest BCUT2D eigenvalue weighted by atomic mass is 10.1. The van der Waals surface area contributed by atoms with E-state index in [-0.39, 0.29) is 11.1 Å². The summed E-state index contributed by atoms with van der Waals surface area (Å²) in [7, 11) is 0. The number of aromatic carboxylic acids is 2.